The van der Waals surface area contributed by atoms with Gasteiger partial charge < -0.3 is 10.6 Å². The van der Waals surface area contributed by atoms with Gasteiger partial charge in [0.25, 0.3) is 5.91 Å². The molecule has 1 aliphatic heterocycles. The molecule has 3 rings (SSSR count). The SMILES string of the molecule is C[C@@H](NC(=O)CCCN1C(=O)NC2(CCCC2)C1=O)c1ccc(F)cc1F. The molecule has 2 fully saturated rings. The average Bonchev–Trinajstić information content (AvgIpc) is 3.15. The van der Waals surface area contributed by atoms with Crippen molar-refractivity contribution >= 4 is 17.8 Å². The molecule has 1 aromatic carbocycles. The second-order valence-corrected chi connectivity index (χ2v) is 7.23. The van der Waals surface area contributed by atoms with Crippen molar-refractivity contribution in [2.75, 3.05) is 6.54 Å². The lowest BCUT2D eigenvalue weighted by Gasteiger charge is -2.20. The normalized spacial score (nSPS) is 19.4. The van der Waals surface area contributed by atoms with E-state index in [0.717, 1.165) is 25.0 Å². The minimum absolute atomic E-state index is 0.0945. The van der Waals surface area contributed by atoms with Crippen molar-refractivity contribution in [1.29, 1.82) is 0 Å². The van der Waals surface area contributed by atoms with Crippen molar-refractivity contribution in [2.45, 2.75) is 57.0 Å². The summed E-state index contributed by atoms with van der Waals surface area (Å²) in [6, 6.07) is 2.19. The maximum atomic E-state index is 13.8. The average molecular weight is 379 g/mol. The number of amides is 4. The van der Waals surface area contributed by atoms with Crippen LogP contribution in [0.5, 0.6) is 0 Å². The lowest BCUT2D eigenvalue weighted by atomic mass is 9.98. The van der Waals surface area contributed by atoms with Gasteiger partial charge in [0.05, 0.1) is 6.04 Å². The van der Waals surface area contributed by atoms with Crippen LogP contribution in [0.3, 0.4) is 0 Å². The maximum absolute atomic E-state index is 13.8. The van der Waals surface area contributed by atoms with Gasteiger partial charge in [-0.05, 0) is 32.3 Å². The Hall–Kier alpha value is -2.51. The summed E-state index contributed by atoms with van der Waals surface area (Å²) < 4.78 is 26.7. The van der Waals surface area contributed by atoms with E-state index in [1.54, 1.807) is 6.92 Å². The summed E-state index contributed by atoms with van der Waals surface area (Å²) >= 11 is 0. The zero-order valence-corrected chi connectivity index (χ0v) is 15.2. The van der Waals surface area contributed by atoms with E-state index in [0.29, 0.717) is 19.3 Å². The highest BCUT2D eigenvalue weighted by atomic mass is 19.1. The predicted octanol–water partition coefficient (Wildman–Crippen LogP) is 2.79. The van der Waals surface area contributed by atoms with E-state index in [-0.39, 0.29) is 30.3 Å². The van der Waals surface area contributed by atoms with Crippen molar-refractivity contribution in [3.8, 4) is 0 Å². The highest BCUT2D eigenvalue weighted by Gasteiger charge is 2.52. The highest BCUT2D eigenvalue weighted by molar-refractivity contribution is 6.07. The molecule has 1 saturated heterocycles. The van der Waals surface area contributed by atoms with Crippen LogP contribution >= 0.6 is 0 Å². The number of rotatable bonds is 6. The molecule has 2 N–H and O–H groups in total. The molecule has 1 aliphatic carbocycles. The van der Waals surface area contributed by atoms with Gasteiger partial charge in [-0.15, -0.1) is 0 Å². The molecule has 4 amide bonds. The van der Waals surface area contributed by atoms with E-state index in [1.165, 1.54) is 11.0 Å². The molecule has 1 heterocycles. The molecule has 1 saturated carbocycles. The maximum Gasteiger partial charge on any atom is 0.325 e. The molecular weight excluding hydrogens is 356 g/mol. The summed E-state index contributed by atoms with van der Waals surface area (Å²) in [5.41, 5.74) is -0.546. The molecule has 2 aliphatic rings. The Labute approximate surface area is 156 Å². The predicted molar refractivity (Wildman–Crippen MR) is 93.6 cm³/mol. The molecule has 146 valence electrons. The van der Waals surface area contributed by atoms with Gasteiger partial charge in [0.15, 0.2) is 0 Å². The van der Waals surface area contributed by atoms with E-state index in [4.69, 9.17) is 0 Å². The number of nitrogens with one attached hydrogen (secondary N) is 2. The second kappa shape index (κ2) is 7.62. The van der Waals surface area contributed by atoms with Crippen LogP contribution in [0.15, 0.2) is 18.2 Å². The largest absolute Gasteiger partial charge is 0.349 e. The van der Waals surface area contributed by atoms with Gasteiger partial charge in [-0.2, -0.15) is 0 Å². The summed E-state index contributed by atoms with van der Waals surface area (Å²) in [4.78, 5) is 37.8. The third-order valence-corrected chi connectivity index (χ3v) is 5.30. The fraction of sp³-hybridized carbons (Fsp3) is 0.526. The molecule has 1 spiro atoms. The first-order chi connectivity index (χ1) is 12.8. The van der Waals surface area contributed by atoms with Crippen LogP contribution < -0.4 is 10.6 Å². The minimum atomic E-state index is -0.742. The van der Waals surface area contributed by atoms with Crippen molar-refractivity contribution in [3.05, 3.63) is 35.4 Å². The smallest absolute Gasteiger partial charge is 0.325 e. The van der Waals surface area contributed by atoms with Crippen LogP contribution in [0.2, 0.25) is 0 Å². The van der Waals surface area contributed by atoms with Gasteiger partial charge in [-0.3, -0.25) is 14.5 Å². The van der Waals surface area contributed by atoms with Crippen molar-refractivity contribution in [2.24, 2.45) is 0 Å². The number of benzene rings is 1. The monoisotopic (exact) mass is 379 g/mol. The number of hydrogen-bond donors (Lipinski definition) is 2. The van der Waals surface area contributed by atoms with Crippen LogP contribution in [0, 0.1) is 11.6 Å². The van der Waals surface area contributed by atoms with Gasteiger partial charge in [-0.1, -0.05) is 18.9 Å². The van der Waals surface area contributed by atoms with Crippen LogP contribution in [0.4, 0.5) is 13.6 Å². The summed E-state index contributed by atoms with van der Waals surface area (Å²) in [5, 5.41) is 5.44. The lowest BCUT2D eigenvalue weighted by molar-refractivity contribution is -0.131. The Morgan fingerprint density at radius 1 is 1.30 bits per heavy atom. The Morgan fingerprint density at radius 2 is 2.00 bits per heavy atom. The summed E-state index contributed by atoms with van der Waals surface area (Å²) in [7, 11) is 0. The number of urea groups is 1. The lowest BCUT2D eigenvalue weighted by Crippen LogP contribution is -2.44. The highest BCUT2D eigenvalue weighted by Crippen LogP contribution is 2.35. The van der Waals surface area contributed by atoms with Gasteiger partial charge in [0.1, 0.15) is 17.2 Å². The van der Waals surface area contributed by atoms with Crippen LogP contribution in [0.1, 0.15) is 57.1 Å². The Kier molecular flexibility index (Phi) is 5.43. The second-order valence-electron chi connectivity index (χ2n) is 7.23. The standard InChI is InChI=1S/C19H23F2N3O3/c1-12(14-7-6-13(20)11-15(14)21)22-16(25)5-4-10-24-17(26)19(23-18(24)27)8-2-3-9-19/h6-7,11-12H,2-5,8-10H2,1H3,(H,22,25)(H,23,27)/t12-/m1/s1. The summed E-state index contributed by atoms with van der Waals surface area (Å²) in [5.74, 6) is -1.92. The molecular formula is C19H23F2N3O3. The fourth-order valence-corrected chi connectivity index (χ4v) is 3.84. The number of carbonyl (C=O) groups is 3. The van der Waals surface area contributed by atoms with E-state index >= 15 is 0 Å². The zero-order chi connectivity index (χ0) is 19.6. The number of imide groups is 1. The number of nitrogens with zero attached hydrogens (tertiary/aromatic N) is 1. The molecule has 0 unspecified atom stereocenters. The number of carbonyl (C=O) groups excluding carboxylic acids is 3. The van der Waals surface area contributed by atoms with E-state index in [9.17, 15) is 23.2 Å². The first-order valence-electron chi connectivity index (χ1n) is 9.21. The molecule has 27 heavy (non-hydrogen) atoms. The van der Waals surface area contributed by atoms with E-state index in [1.807, 2.05) is 0 Å². The molecule has 0 aromatic heterocycles. The van der Waals surface area contributed by atoms with Crippen molar-refractivity contribution in [1.82, 2.24) is 15.5 Å². The molecule has 8 heteroatoms. The zero-order valence-electron chi connectivity index (χ0n) is 15.2. The Balaban J connectivity index is 1.48. The minimum Gasteiger partial charge on any atom is -0.349 e. The van der Waals surface area contributed by atoms with Gasteiger partial charge in [-0.25, -0.2) is 13.6 Å². The van der Waals surface area contributed by atoms with E-state index < -0.39 is 29.2 Å². The first kappa shape index (κ1) is 19.3. The van der Waals surface area contributed by atoms with Crippen LogP contribution in [-0.2, 0) is 9.59 Å². The van der Waals surface area contributed by atoms with Gasteiger partial charge in [0.2, 0.25) is 5.91 Å². The topological polar surface area (TPSA) is 78.5 Å². The summed E-state index contributed by atoms with van der Waals surface area (Å²) in [6.07, 6.45) is 3.57. The quantitative estimate of drug-likeness (QED) is 0.746. The molecule has 0 bridgehead atoms. The van der Waals surface area contributed by atoms with Crippen molar-refractivity contribution < 1.29 is 23.2 Å². The molecule has 1 atom stereocenters. The Bertz CT molecular complexity index is 763. The third-order valence-electron chi connectivity index (χ3n) is 5.30. The first-order valence-corrected chi connectivity index (χ1v) is 9.21. The Morgan fingerprint density at radius 3 is 2.67 bits per heavy atom. The van der Waals surface area contributed by atoms with Gasteiger partial charge >= 0.3 is 6.03 Å². The van der Waals surface area contributed by atoms with Crippen LogP contribution in [-0.4, -0.2) is 34.8 Å². The fourth-order valence-electron chi connectivity index (χ4n) is 3.84. The molecule has 0 radical (unpaired) electrons. The summed E-state index contributed by atoms with van der Waals surface area (Å²) in [6.45, 7) is 1.77. The number of hydrogen-bond acceptors (Lipinski definition) is 3. The van der Waals surface area contributed by atoms with Crippen molar-refractivity contribution in [3.63, 3.8) is 0 Å². The van der Waals surface area contributed by atoms with E-state index in [2.05, 4.69) is 10.6 Å². The third kappa shape index (κ3) is 3.94. The van der Waals surface area contributed by atoms with Gasteiger partial charge in [0, 0.05) is 24.6 Å². The van der Waals surface area contributed by atoms with Crippen LogP contribution in [0.25, 0.3) is 0 Å². The molecule has 1 aromatic rings. The molecule has 6 nitrogen and oxygen atoms in total. The number of halogens is 2.